The van der Waals surface area contributed by atoms with E-state index in [1.807, 2.05) is 12.3 Å². The van der Waals surface area contributed by atoms with E-state index in [-0.39, 0.29) is 11.5 Å². The Morgan fingerprint density at radius 2 is 1.94 bits per heavy atom. The fraction of sp³-hybridized carbons (Fsp3) is 0.400. The van der Waals surface area contributed by atoms with E-state index in [9.17, 15) is 0 Å². The summed E-state index contributed by atoms with van der Waals surface area (Å²) in [4.78, 5) is 4.47. The van der Waals surface area contributed by atoms with Gasteiger partial charge in [-0.1, -0.05) is 45.0 Å². The number of hydrogen-bond donors (Lipinski definition) is 1. The molecule has 2 aromatic rings. The first-order chi connectivity index (χ1) is 8.06. The summed E-state index contributed by atoms with van der Waals surface area (Å²) in [7, 11) is 0. The Bertz CT molecular complexity index is 512. The highest BCUT2D eigenvalue weighted by Gasteiger charge is 2.27. The van der Waals surface area contributed by atoms with Crippen LogP contribution < -0.4 is 5.73 Å². The SMILES string of the molecule is CCC(C)(C)C(N)c1cccc2cccnc12. The number of fused-ring (bicyclic) bond motifs is 1. The third kappa shape index (κ3) is 2.18. The summed E-state index contributed by atoms with van der Waals surface area (Å²) in [5, 5.41) is 1.16. The molecule has 0 spiro atoms. The Hall–Kier alpha value is -1.41. The summed E-state index contributed by atoms with van der Waals surface area (Å²) in [6.45, 7) is 6.59. The Labute approximate surface area is 103 Å². The number of nitrogens with zero attached hydrogens (tertiary/aromatic N) is 1. The Morgan fingerprint density at radius 1 is 1.24 bits per heavy atom. The van der Waals surface area contributed by atoms with Crippen molar-refractivity contribution >= 4 is 10.9 Å². The zero-order valence-corrected chi connectivity index (χ0v) is 10.8. The van der Waals surface area contributed by atoms with Gasteiger partial charge in [0, 0.05) is 17.6 Å². The molecule has 2 heteroatoms. The quantitative estimate of drug-likeness (QED) is 0.870. The van der Waals surface area contributed by atoms with Gasteiger partial charge < -0.3 is 5.73 Å². The average Bonchev–Trinajstić information content (AvgIpc) is 2.37. The average molecular weight is 228 g/mol. The molecule has 1 atom stereocenters. The highest BCUT2D eigenvalue weighted by molar-refractivity contribution is 5.82. The molecule has 0 aliphatic rings. The molecule has 2 N–H and O–H groups in total. The topological polar surface area (TPSA) is 38.9 Å². The maximum absolute atomic E-state index is 6.41. The third-order valence-electron chi connectivity index (χ3n) is 3.75. The van der Waals surface area contributed by atoms with Crippen molar-refractivity contribution in [2.45, 2.75) is 33.2 Å². The van der Waals surface area contributed by atoms with E-state index in [1.165, 1.54) is 0 Å². The summed E-state index contributed by atoms with van der Waals surface area (Å²) in [6, 6.07) is 10.3. The number of pyridine rings is 1. The number of aromatic nitrogens is 1. The van der Waals surface area contributed by atoms with Crippen molar-refractivity contribution in [2.24, 2.45) is 11.1 Å². The standard InChI is InChI=1S/C15H20N2/c1-4-15(2,3)14(16)12-9-5-7-11-8-6-10-17-13(11)12/h5-10,14H,4,16H2,1-3H3. The van der Waals surface area contributed by atoms with Crippen molar-refractivity contribution in [2.75, 3.05) is 0 Å². The molecular weight excluding hydrogens is 208 g/mol. The van der Waals surface area contributed by atoms with Crippen LogP contribution in [0.5, 0.6) is 0 Å². The molecule has 0 aliphatic carbocycles. The highest BCUT2D eigenvalue weighted by atomic mass is 14.7. The van der Waals surface area contributed by atoms with Gasteiger partial charge in [0.2, 0.25) is 0 Å². The van der Waals surface area contributed by atoms with Crippen LogP contribution in [-0.4, -0.2) is 4.98 Å². The van der Waals surface area contributed by atoms with E-state index in [0.29, 0.717) is 0 Å². The molecule has 1 aromatic carbocycles. The first-order valence-corrected chi connectivity index (χ1v) is 6.15. The van der Waals surface area contributed by atoms with Gasteiger partial charge in [-0.05, 0) is 23.5 Å². The highest BCUT2D eigenvalue weighted by Crippen LogP contribution is 2.36. The molecule has 2 rings (SSSR count). The minimum Gasteiger partial charge on any atom is -0.323 e. The normalized spacial score (nSPS) is 13.9. The van der Waals surface area contributed by atoms with Crippen LogP contribution in [0, 0.1) is 5.41 Å². The fourth-order valence-corrected chi connectivity index (χ4v) is 2.02. The van der Waals surface area contributed by atoms with Crippen LogP contribution in [0.4, 0.5) is 0 Å². The first-order valence-electron chi connectivity index (χ1n) is 6.15. The van der Waals surface area contributed by atoms with Gasteiger partial charge in [0.05, 0.1) is 5.52 Å². The zero-order chi connectivity index (χ0) is 12.5. The lowest BCUT2D eigenvalue weighted by molar-refractivity contribution is 0.279. The summed E-state index contributed by atoms with van der Waals surface area (Å²) in [5.41, 5.74) is 8.68. The summed E-state index contributed by atoms with van der Waals surface area (Å²) in [5.74, 6) is 0. The van der Waals surface area contributed by atoms with Crippen LogP contribution in [0.25, 0.3) is 10.9 Å². The van der Waals surface area contributed by atoms with Crippen LogP contribution in [0.3, 0.4) is 0 Å². The second-order valence-corrected chi connectivity index (χ2v) is 5.24. The van der Waals surface area contributed by atoms with E-state index < -0.39 is 0 Å². The summed E-state index contributed by atoms with van der Waals surface area (Å²) in [6.07, 6.45) is 2.88. The predicted molar refractivity (Wildman–Crippen MR) is 72.7 cm³/mol. The van der Waals surface area contributed by atoms with Crippen molar-refractivity contribution in [3.63, 3.8) is 0 Å². The maximum Gasteiger partial charge on any atom is 0.0749 e. The minimum absolute atomic E-state index is 0.0195. The smallest absolute Gasteiger partial charge is 0.0749 e. The van der Waals surface area contributed by atoms with Crippen molar-refractivity contribution in [1.82, 2.24) is 4.98 Å². The Kier molecular flexibility index (Phi) is 3.16. The number of benzene rings is 1. The lowest BCUT2D eigenvalue weighted by atomic mass is 9.78. The van der Waals surface area contributed by atoms with Gasteiger partial charge in [-0.25, -0.2) is 0 Å². The van der Waals surface area contributed by atoms with Crippen LogP contribution in [0.2, 0.25) is 0 Å². The van der Waals surface area contributed by atoms with E-state index in [4.69, 9.17) is 5.73 Å². The van der Waals surface area contributed by atoms with Crippen LogP contribution in [0.15, 0.2) is 36.5 Å². The lowest BCUT2D eigenvalue weighted by Gasteiger charge is -2.31. The maximum atomic E-state index is 6.41. The molecule has 1 unspecified atom stereocenters. The van der Waals surface area contributed by atoms with E-state index in [0.717, 1.165) is 22.9 Å². The van der Waals surface area contributed by atoms with E-state index >= 15 is 0 Å². The number of para-hydroxylation sites is 1. The van der Waals surface area contributed by atoms with Gasteiger partial charge in [-0.15, -0.1) is 0 Å². The van der Waals surface area contributed by atoms with Crippen molar-refractivity contribution < 1.29 is 0 Å². The molecule has 0 radical (unpaired) electrons. The van der Waals surface area contributed by atoms with Crippen molar-refractivity contribution in [3.8, 4) is 0 Å². The molecule has 0 saturated carbocycles. The predicted octanol–water partition coefficient (Wildman–Crippen LogP) is 3.67. The molecular formula is C15H20N2. The van der Waals surface area contributed by atoms with Crippen molar-refractivity contribution in [3.05, 3.63) is 42.1 Å². The molecule has 0 fully saturated rings. The molecule has 2 nitrogen and oxygen atoms in total. The van der Waals surface area contributed by atoms with Gasteiger partial charge >= 0.3 is 0 Å². The molecule has 90 valence electrons. The minimum atomic E-state index is 0.0195. The molecule has 0 saturated heterocycles. The Balaban J connectivity index is 2.56. The fourth-order valence-electron chi connectivity index (χ4n) is 2.02. The van der Waals surface area contributed by atoms with E-state index in [1.54, 1.807) is 0 Å². The van der Waals surface area contributed by atoms with E-state index in [2.05, 4.69) is 50.0 Å². The summed E-state index contributed by atoms with van der Waals surface area (Å²) < 4.78 is 0. The lowest BCUT2D eigenvalue weighted by Crippen LogP contribution is -2.28. The second-order valence-electron chi connectivity index (χ2n) is 5.24. The number of rotatable bonds is 3. The molecule has 1 aromatic heterocycles. The van der Waals surface area contributed by atoms with Gasteiger partial charge in [0.25, 0.3) is 0 Å². The van der Waals surface area contributed by atoms with Crippen LogP contribution in [-0.2, 0) is 0 Å². The van der Waals surface area contributed by atoms with Crippen LogP contribution >= 0.6 is 0 Å². The van der Waals surface area contributed by atoms with Crippen molar-refractivity contribution in [1.29, 1.82) is 0 Å². The van der Waals surface area contributed by atoms with Gasteiger partial charge in [0.15, 0.2) is 0 Å². The first kappa shape index (κ1) is 12.1. The second kappa shape index (κ2) is 4.46. The number of hydrogen-bond acceptors (Lipinski definition) is 2. The summed E-state index contributed by atoms with van der Waals surface area (Å²) >= 11 is 0. The van der Waals surface area contributed by atoms with Gasteiger partial charge in [0.1, 0.15) is 0 Å². The molecule has 17 heavy (non-hydrogen) atoms. The Morgan fingerprint density at radius 3 is 2.65 bits per heavy atom. The molecule has 0 amide bonds. The number of nitrogens with two attached hydrogens (primary N) is 1. The zero-order valence-electron chi connectivity index (χ0n) is 10.8. The molecule has 0 aliphatic heterocycles. The van der Waals surface area contributed by atoms with Gasteiger partial charge in [-0.3, -0.25) is 4.98 Å². The monoisotopic (exact) mass is 228 g/mol. The largest absolute Gasteiger partial charge is 0.323 e. The molecule has 1 heterocycles. The third-order valence-corrected chi connectivity index (χ3v) is 3.75. The van der Waals surface area contributed by atoms with Crippen LogP contribution in [0.1, 0.15) is 38.8 Å². The van der Waals surface area contributed by atoms with Gasteiger partial charge in [-0.2, -0.15) is 0 Å². The molecule has 0 bridgehead atoms.